The highest BCUT2D eigenvalue weighted by atomic mass is 16.6. The van der Waals surface area contributed by atoms with Crippen LogP contribution in [0, 0.1) is 40.9 Å². The van der Waals surface area contributed by atoms with Crippen molar-refractivity contribution in [2.45, 2.75) is 231 Å². The summed E-state index contributed by atoms with van der Waals surface area (Å²) in [5.41, 5.74) is 0.743. The highest BCUT2D eigenvalue weighted by Gasteiger charge is 2.41. The number of alkyl carbamates (subject to hydrolysis) is 2. The Morgan fingerprint density at radius 2 is 0.791 bits per heavy atom. The number of carbonyl (C=O) groups excluding carboxylic acids is 4. The normalized spacial score (nSPS) is 29.9. The van der Waals surface area contributed by atoms with E-state index in [1.54, 1.807) is 13.8 Å². The van der Waals surface area contributed by atoms with Gasteiger partial charge in [-0.1, -0.05) is 91.2 Å². The summed E-state index contributed by atoms with van der Waals surface area (Å²) in [6.07, 6.45) is 27.8. The van der Waals surface area contributed by atoms with Crippen molar-refractivity contribution in [3.8, 4) is 0 Å². The molecule has 0 radical (unpaired) electrons. The predicted molar refractivity (Wildman–Crippen MR) is 260 cm³/mol. The Morgan fingerprint density at radius 1 is 0.463 bits per heavy atom. The average Bonchev–Trinajstić information content (AvgIpc) is 3.34. The Bertz CT molecular complexity index is 1460. The molecule has 12 heteroatoms. The molecule has 2 amide bonds. The third kappa shape index (κ3) is 17.1. The minimum Gasteiger partial charge on any atom is -0.458 e. The fourth-order valence-electron chi connectivity index (χ4n) is 13.0. The van der Waals surface area contributed by atoms with E-state index in [0.29, 0.717) is 23.0 Å². The van der Waals surface area contributed by atoms with Crippen LogP contribution in [-0.2, 0) is 38.0 Å². The maximum atomic E-state index is 13.1. The van der Waals surface area contributed by atoms with Crippen LogP contribution in [0.15, 0.2) is 24.3 Å². The van der Waals surface area contributed by atoms with Gasteiger partial charge in [0.25, 0.3) is 0 Å². The minimum atomic E-state index is -0.709. The molecule has 12 nitrogen and oxygen atoms in total. The van der Waals surface area contributed by atoms with E-state index in [0.717, 1.165) is 126 Å². The van der Waals surface area contributed by atoms with Crippen molar-refractivity contribution in [3.63, 3.8) is 0 Å². The van der Waals surface area contributed by atoms with Gasteiger partial charge in [-0.15, -0.1) is 0 Å². The Kier molecular flexibility index (Phi) is 21.3. The molecule has 67 heavy (non-hydrogen) atoms. The molecule has 0 heterocycles. The number of ether oxygens (including phenoxy) is 6. The van der Waals surface area contributed by atoms with Crippen LogP contribution >= 0.6 is 0 Å². The van der Waals surface area contributed by atoms with E-state index in [4.69, 9.17) is 28.4 Å². The van der Waals surface area contributed by atoms with Crippen molar-refractivity contribution in [1.29, 1.82) is 0 Å². The number of hydrogen-bond acceptors (Lipinski definition) is 10. The van der Waals surface area contributed by atoms with E-state index >= 15 is 0 Å². The van der Waals surface area contributed by atoms with Crippen LogP contribution < -0.4 is 10.6 Å². The quantitative estimate of drug-likeness (QED) is 0.0686. The Morgan fingerprint density at radius 3 is 1.12 bits per heavy atom. The number of nitrogens with one attached hydrogen (secondary N) is 2. The zero-order chi connectivity index (χ0) is 47.8. The van der Waals surface area contributed by atoms with Crippen molar-refractivity contribution >= 4 is 24.1 Å². The number of rotatable bonds is 20. The molecule has 2 atom stereocenters. The Hall–Kier alpha value is -3.12. The number of esters is 2. The molecule has 0 aromatic carbocycles. The van der Waals surface area contributed by atoms with Crippen LogP contribution in [0.1, 0.15) is 195 Å². The highest BCUT2D eigenvalue weighted by Crippen LogP contribution is 2.49. The largest absolute Gasteiger partial charge is 0.458 e. The molecule has 2 unspecified atom stereocenters. The molecular weight excluding hydrogens is 849 g/mol. The molecule has 6 fully saturated rings. The van der Waals surface area contributed by atoms with E-state index in [1.165, 1.54) is 64.2 Å². The van der Waals surface area contributed by atoms with Crippen LogP contribution in [0.2, 0.25) is 0 Å². The standard InChI is InChI=1S/C55H90N2O10/c1-37(2)51(58)64-35-49(66-53(60)56-45-25-17-41(18-26-45)39-13-9-7-10-14-39)33-62-47-29-21-43(22-30-47)55(5,6)44-23-31-48(32-24-44)63-34-50(36-65-52(59)38(3)4)67-54(61)57-46-27-19-42(20-28-46)40-15-11-8-12-16-40/h39-50H,1,3,7-36H2,2,4-6H3,(H,56,60)(H,57,61). The van der Waals surface area contributed by atoms with E-state index in [-0.39, 0.29) is 56.1 Å². The lowest BCUT2D eigenvalue weighted by Gasteiger charge is -2.46. The summed E-state index contributed by atoms with van der Waals surface area (Å²) in [5.74, 6) is 3.35. The maximum Gasteiger partial charge on any atom is 0.407 e. The van der Waals surface area contributed by atoms with Gasteiger partial charge in [-0.05, 0) is 158 Å². The summed E-state index contributed by atoms with van der Waals surface area (Å²) in [7, 11) is 0. The van der Waals surface area contributed by atoms with Crippen LogP contribution in [0.5, 0.6) is 0 Å². The maximum absolute atomic E-state index is 13.1. The third-order valence-electron chi connectivity index (χ3n) is 17.4. The summed E-state index contributed by atoms with van der Waals surface area (Å²) in [6, 6.07) is 0.212. The van der Waals surface area contributed by atoms with Crippen LogP contribution in [0.25, 0.3) is 0 Å². The second-order valence-electron chi connectivity index (χ2n) is 22.6. The van der Waals surface area contributed by atoms with Crippen LogP contribution in [0.3, 0.4) is 0 Å². The van der Waals surface area contributed by atoms with Gasteiger partial charge in [-0.3, -0.25) is 0 Å². The molecule has 6 aliphatic rings. The fourth-order valence-corrected chi connectivity index (χ4v) is 13.0. The number of amides is 2. The molecule has 0 aliphatic heterocycles. The third-order valence-corrected chi connectivity index (χ3v) is 17.4. The molecule has 0 saturated heterocycles. The molecule has 2 N–H and O–H groups in total. The lowest BCUT2D eigenvalue weighted by atomic mass is 9.60. The summed E-state index contributed by atoms with van der Waals surface area (Å²) in [6.45, 7) is 15.6. The molecule has 6 rings (SSSR count). The van der Waals surface area contributed by atoms with Crippen molar-refractivity contribution in [2.24, 2.45) is 40.9 Å². The fraction of sp³-hybridized carbons (Fsp3) is 0.855. The first kappa shape index (κ1) is 53.2. The minimum absolute atomic E-state index is 0.0467. The lowest BCUT2D eigenvalue weighted by molar-refractivity contribution is -0.144. The zero-order valence-electron chi connectivity index (χ0n) is 42.1. The van der Waals surface area contributed by atoms with Gasteiger partial charge < -0.3 is 39.1 Å². The van der Waals surface area contributed by atoms with Crippen LogP contribution in [-0.4, -0.2) is 87.1 Å². The monoisotopic (exact) mass is 939 g/mol. The highest BCUT2D eigenvalue weighted by molar-refractivity contribution is 5.87. The predicted octanol–water partition coefficient (Wildman–Crippen LogP) is 11.9. The summed E-state index contributed by atoms with van der Waals surface area (Å²) in [5, 5.41) is 6.21. The van der Waals surface area contributed by atoms with Gasteiger partial charge in [0.05, 0.1) is 25.4 Å². The van der Waals surface area contributed by atoms with E-state index < -0.39 is 36.3 Å². The van der Waals surface area contributed by atoms with Gasteiger partial charge in [0.15, 0.2) is 12.2 Å². The van der Waals surface area contributed by atoms with Crippen molar-refractivity contribution < 1.29 is 47.6 Å². The molecule has 0 spiro atoms. The first-order valence-electron chi connectivity index (χ1n) is 27.1. The molecular formula is C55H90N2O10. The van der Waals surface area contributed by atoms with E-state index in [1.807, 2.05) is 0 Å². The second kappa shape index (κ2) is 26.7. The van der Waals surface area contributed by atoms with Gasteiger partial charge in [0.2, 0.25) is 0 Å². The number of hydrogen-bond donors (Lipinski definition) is 2. The van der Waals surface area contributed by atoms with Gasteiger partial charge in [-0.2, -0.15) is 0 Å². The second-order valence-corrected chi connectivity index (χ2v) is 22.6. The SMILES string of the molecule is C=C(C)C(=O)OCC(COC1CCC(C(C)(C)C2CCC(OCC(COC(=O)C(=C)C)OC(=O)NC3CCC(C4CCCCC4)CC3)CC2)CC1)OC(=O)NC1CCC(C2CCCCC2)CC1. The topological polar surface area (TPSA) is 148 Å². The van der Waals surface area contributed by atoms with Gasteiger partial charge >= 0.3 is 24.1 Å². The summed E-state index contributed by atoms with van der Waals surface area (Å²) in [4.78, 5) is 50.9. The lowest BCUT2D eigenvalue weighted by Crippen LogP contribution is -2.43. The molecule has 0 aromatic heterocycles. The number of carbonyl (C=O) groups is 4. The molecule has 0 aromatic rings. The Labute approximate surface area is 403 Å². The van der Waals surface area contributed by atoms with Crippen LogP contribution in [0.4, 0.5) is 9.59 Å². The van der Waals surface area contributed by atoms with Crippen molar-refractivity contribution in [1.82, 2.24) is 10.6 Å². The van der Waals surface area contributed by atoms with Gasteiger partial charge in [0, 0.05) is 23.2 Å². The summed E-state index contributed by atoms with van der Waals surface area (Å²) < 4.78 is 35.4. The molecule has 6 saturated carbocycles. The van der Waals surface area contributed by atoms with Crippen molar-refractivity contribution in [2.75, 3.05) is 26.4 Å². The molecule has 0 bridgehead atoms. The van der Waals surface area contributed by atoms with E-state index in [2.05, 4.69) is 37.6 Å². The van der Waals surface area contributed by atoms with Crippen molar-refractivity contribution in [3.05, 3.63) is 24.3 Å². The van der Waals surface area contributed by atoms with E-state index in [9.17, 15) is 19.2 Å². The van der Waals surface area contributed by atoms with Gasteiger partial charge in [0.1, 0.15) is 13.2 Å². The molecule has 6 aliphatic carbocycles. The first-order valence-corrected chi connectivity index (χ1v) is 27.1. The average molecular weight is 939 g/mol. The van der Waals surface area contributed by atoms with Gasteiger partial charge in [-0.25, -0.2) is 19.2 Å². The smallest absolute Gasteiger partial charge is 0.407 e. The molecule has 380 valence electrons. The first-order chi connectivity index (χ1) is 32.2. The Balaban J connectivity index is 0.897. The zero-order valence-corrected chi connectivity index (χ0v) is 42.1. The summed E-state index contributed by atoms with van der Waals surface area (Å²) >= 11 is 0.